The van der Waals surface area contributed by atoms with Crippen molar-refractivity contribution in [1.82, 2.24) is 0 Å². The topological polar surface area (TPSA) is 111 Å². The van der Waals surface area contributed by atoms with Gasteiger partial charge >= 0.3 is 6.09 Å². The molecular formula is C16H21ClN4O3. The molecule has 1 heterocycles. The zero-order valence-corrected chi connectivity index (χ0v) is 14.1. The fourth-order valence-corrected chi connectivity index (χ4v) is 1.96. The maximum atomic E-state index is 11.4. The number of aliphatic hydroxyl groups is 1. The molecule has 0 saturated heterocycles. The van der Waals surface area contributed by atoms with E-state index in [1.807, 2.05) is 24.3 Å². The van der Waals surface area contributed by atoms with Gasteiger partial charge in [0.1, 0.15) is 5.69 Å². The van der Waals surface area contributed by atoms with Gasteiger partial charge in [0.25, 0.3) is 0 Å². The number of H-pyrrole nitrogens is 1. The third-order valence-electron chi connectivity index (χ3n) is 3.18. The summed E-state index contributed by atoms with van der Waals surface area (Å²) in [6, 6.07) is 11.1. The number of aliphatic hydroxyl groups excluding tert-OH is 1. The molecule has 24 heavy (non-hydrogen) atoms. The first kappa shape index (κ1) is 19.5. The second-order valence-corrected chi connectivity index (χ2v) is 4.87. The number of carbonyl (C=O) groups excluding carboxylic acids is 1. The molecule has 0 spiro atoms. The molecule has 1 amide bonds. The summed E-state index contributed by atoms with van der Waals surface area (Å²) in [5, 5.41) is 14.8. The van der Waals surface area contributed by atoms with Gasteiger partial charge in [-0.05, 0) is 24.1 Å². The number of anilines is 3. The summed E-state index contributed by atoms with van der Waals surface area (Å²) in [4.78, 5) is 14.3. The van der Waals surface area contributed by atoms with Crippen LogP contribution in [0.2, 0.25) is 0 Å². The molecule has 1 aromatic carbocycles. The lowest BCUT2D eigenvalue weighted by Crippen LogP contribution is -3.00. The molecule has 0 aliphatic heterocycles. The highest BCUT2D eigenvalue weighted by Crippen LogP contribution is 2.15. The number of nitrogens with two attached hydrogens (primary N) is 1. The van der Waals surface area contributed by atoms with Crippen molar-refractivity contribution in [1.29, 1.82) is 0 Å². The summed E-state index contributed by atoms with van der Waals surface area (Å²) in [6.07, 6.45) is -0.544. The van der Waals surface area contributed by atoms with E-state index in [1.165, 1.54) is 0 Å². The van der Waals surface area contributed by atoms with Crippen LogP contribution < -0.4 is 33.8 Å². The molecule has 0 aliphatic carbocycles. The second kappa shape index (κ2) is 9.59. The standard InChI is InChI=1S/C16H20N4O3.ClH/c1-2-23-16(22)19-13-7-8-14(20-15(13)17)18-9-11-3-5-12(10-21)6-4-11;/h3-8,21H,2,9-10H2,1H3,(H,19,22)(H3,17,18,20);1H. The maximum Gasteiger partial charge on any atom is 0.411 e. The fraction of sp³-hybridized carbons (Fsp3) is 0.250. The van der Waals surface area contributed by atoms with E-state index in [1.54, 1.807) is 19.1 Å². The van der Waals surface area contributed by atoms with Crippen molar-refractivity contribution >= 4 is 23.4 Å². The number of halogens is 1. The highest BCUT2D eigenvalue weighted by Gasteiger charge is 2.10. The minimum Gasteiger partial charge on any atom is -1.00 e. The van der Waals surface area contributed by atoms with Crippen LogP contribution in [-0.2, 0) is 17.9 Å². The Labute approximate surface area is 146 Å². The van der Waals surface area contributed by atoms with Gasteiger partial charge in [0.05, 0.1) is 19.8 Å². The van der Waals surface area contributed by atoms with E-state index >= 15 is 0 Å². The van der Waals surface area contributed by atoms with Crippen LogP contribution in [0.4, 0.5) is 22.1 Å². The Morgan fingerprint density at radius 3 is 2.46 bits per heavy atom. The largest absolute Gasteiger partial charge is 1.00 e. The Bertz CT molecular complexity index is 665. The van der Waals surface area contributed by atoms with Crippen molar-refractivity contribution in [3.63, 3.8) is 0 Å². The number of nitrogen functional groups attached to an aromatic ring is 1. The van der Waals surface area contributed by atoms with E-state index < -0.39 is 6.09 Å². The van der Waals surface area contributed by atoms with Crippen LogP contribution in [0.25, 0.3) is 0 Å². The minimum absolute atomic E-state index is 0. The molecule has 0 fully saturated rings. The van der Waals surface area contributed by atoms with Crippen LogP contribution in [0, 0.1) is 0 Å². The summed E-state index contributed by atoms with van der Waals surface area (Å²) < 4.78 is 4.80. The number of benzene rings is 1. The molecule has 2 rings (SSSR count). The van der Waals surface area contributed by atoms with Crippen LogP contribution in [0.15, 0.2) is 36.4 Å². The van der Waals surface area contributed by atoms with Gasteiger partial charge < -0.3 is 33.3 Å². The second-order valence-electron chi connectivity index (χ2n) is 4.87. The smallest absolute Gasteiger partial charge is 0.411 e. The SMILES string of the molecule is CCOC(=O)Nc1ccc(NCc2ccc(CO)cc2)[nH+]c1N.[Cl-]. The first-order valence-corrected chi connectivity index (χ1v) is 7.30. The third kappa shape index (κ3) is 5.60. The predicted octanol–water partition coefficient (Wildman–Crippen LogP) is -1.24. The molecule has 1 aromatic heterocycles. The van der Waals surface area contributed by atoms with Crippen LogP contribution in [-0.4, -0.2) is 17.8 Å². The maximum absolute atomic E-state index is 11.4. The fourth-order valence-electron chi connectivity index (χ4n) is 1.96. The van der Waals surface area contributed by atoms with E-state index in [4.69, 9.17) is 15.6 Å². The minimum atomic E-state index is -0.544. The number of nitrogens with one attached hydrogen (secondary N) is 3. The number of aromatic nitrogens is 1. The molecule has 2 aromatic rings. The molecule has 0 radical (unpaired) electrons. The van der Waals surface area contributed by atoms with Crippen molar-refractivity contribution in [3.05, 3.63) is 47.5 Å². The summed E-state index contributed by atoms with van der Waals surface area (Å²) >= 11 is 0. The Morgan fingerprint density at radius 2 is 1.88 bits per heavy atom. The van der Waals surface area contributed by atoms with E-state index in [0.717, 1.165) is 16.9 Å². The molecule has 0 unspecified atom stereocenters. The number of pyridine rings is 1. The molecule has 0 aliphatic rings. The quantitative estimate of drug-likeness (QED) is 0.520. The number of rotatable bonds is 6. The molecular weight excluding hydrogens is 332 g/mol. The van der Waals surface area contributed by atoms with Gasteiger partial charge in [-0.3, -0.25) is 5.32 Å². The molecule has 130 valence electrons. The molecule has 0 bridgehead atoms. The molecule has 0 atom stereocenters. The monoisotopic (exact) mass is 352 g/mol. The van der Waals surface area contributed by atoms with Gasteiger partial charge in [-0.2, -0.15) is 0 Å². The van der Waals surface area contributed by atoms with E-state index in [9.17, 15) is 4.79 Å². The number of ether oxygens (including phenoxy) is 1. The van der Waals surface area contributed by atoms with Gasteiger partial charge in [0.2, 0.25) is 11.6 Å². The lowest BCUT2D eigenvalue weighted by atomic mass is 10.1. The summed E-state index contributed by atoms with van der Waals surface area (Å²) in [5.41, 5.74) is 8.28. The van der Waals surface area contributed by atoms with Crippen molar-refractivity contribution in [2.45, 2.75) is 20.1 Å². The van der Waals surface area contributed by atoms with Gasteiger partial charge in [-0.15, -0.1) is 0 Å². The van der Waals surface area contributed by atoms with Crippen molar-refractivity contribution in [2.75, 3.05) is 23.0 Å². The zero-order valence-electron chi connectivity index (χ0n) is 13.3. The summed E-state index contributed by atoms with van der Waals surface area (Å²) in [6.45, 7) is 2.67. The Kier molecular flexibility index (Phi) is 7.81. The van der Waals surface area contributed by atoms with E-state index in [-0.39, 0.29) is 19.0 Å². The van der Waals surface area contributed by atoms with Gasteiger partial charge in [-0.1, -0.05) is 24.3 Å². The van der Waals surface area contributed by atoms with Crippen LogP contribution in [0.3, 0.4) is 0 Å². The van der Waals surface area contributed by atoms with E-state index in [2.05, 4.69) is 15.6 Å². The van der Waals surface area contributed by atoms with Crippen molar-refractivity contribution in [3.8, 4) is 0 Å². The number of amides is 1. The molecule has 8 heteroatoms. The van der Waals surface area contributed by atoms with E-state index in [0.29, 0.717) is 24.7 Å². The first-order chi connectivity index (χ1) is 11.1. The molecule has 6 N–H and O–H groups in total. The number of hydrogen-bond donors (Lipinski definition) is 4. The Hall–Kier alpha value is -2.51. The molecule has 7 nitrogen and oxygen atoms in total. The number of hydrogen-bond acceptors (Lipinski definition) is 5. The number of carbonyl (C=O) groups is 1. The number of aromatic amines is 1. The average molecular weight is 353 g/mol. The molecule has 0 saturated carbocycles. The highest BCUT2D eigenvalue weighted by atomic mass is 35.5. The van der Waals surface area contributed by atoms with Gasteiger partial charge in [0, 0.05) is 6.07 Å². The Morgan fingerprint density at radius 1 is 1.21 bits per heavy atom. The van der Waals surface area contributed by atoms with Crippen molar-refractivity contribution in [2.24, 2.45) is 0 Å². The first-order valence-electron chi connectivity index (χ1n) is 7.30. The average Bonchev–Trinajstić information content (AvgIpc) is 2.56. The van der Waals surface area contributed by atoms with Crippen molar-refractivity contribution < 1.29 is 32.0 Å². The predicted molar refractivity (Wildman–Crippen MR) is 87.7 cm³/mol. The third-order valence-corrected chi connectivity index (χ3v) is 3.18. The lowest BCUT2D eigenvalue weighted by Gasteiger charge is -2.07. The van der Waals surface area contributed by atoms with Crippen LogP contribution in [0.5, 0.6) is 0 Å². The van der Waals surface area contributed by atoms with Crippen LogP contribution in [0.1, 0.15) is 18.1 Å². The van der Waals surface area contributed by atoms with Crippen LogP contribution >= 0.6 is 0 Å². The van der Waals surface area contributed by atoms with Gasteiger partial charge in [-0.25, -0.2) is 9.78 Å². The normalized spacial score (nSPS) is 9.75. The zero-order chi connectivity index (χ0) is 16.7. The lowest BCUT2D eigenvalue weighted by molar-refractivity contribution is -0.342. The van der Waals surface area contributed by atoms with Gasteiger partial charge in [0.15, 0.2) is 0 Å². The Balaban J connectivity index is 0.00000288. The summed E-state index contributed by atoms with van der Waals surface area (Å²) in [5.74, 6) is 1.06. The highest BCUT2D eigenvalue weighted by molar-refractivity contribution is 5.87. The summed E-state index contributed by atoms with van der Waals surface area (Å²) in [7, 11) is 0.